The van der Waals surface area contributed by atoms with Crippen LogP contribution in [0.15, 0.2) is 5.16 Å². The van der Waals surface area contributed by atoms with Crippen molar-refractivity contribution in [3.05, 3.63) is 0 Å². The molecule has 1 saturated heterocycles. The number of ether oxygens (including phenoxy) is 1. The van der Waals surface area contributed by atoms with Crippen LogP contribution in [-0.2, 0) is 4.74 Å². The van der Waals surface area contributed by atoms with Crippen molar-refractivity contribution < 1.29 is 23.0 Å². The number of hydrogen-bond acceptors (Lipinski definition) is 9. The lowest BCUT2D eigenvalue weighted by Gasteiger charge is -2.25. The van der Waals surface area contributed by atoms with E-state index in [0.29, 0.717) is 30.0 Å². The first-order valence-electron chi connectivity index (χ1n) is 9.02. The Bertz CT molecular complexity index is 668. The van der Waals surface area contributed by atoms with E-state index in [1.807, 2.05) is 11.2 Å². The first kappa shape index (κ1) is 21.6. The number of hydrogen-bond donors (Lipinski definition) is 3. The van der Waals surface area contributed by atoms with Gasteiger partial charge < -0.3 is 25.4 Å². The monoisotopic (exact) mass is 439 g/mol. The summed E-state index contributed by atoms with van der Waals surface area (Å²) in [4.78, 5) is 10.9. The van der Waals surface area contributed by atoms with E-state index in [4.69, 9.17) is 4.74 Å². The minimum atomic E-state index is -4.20. The molecule has 1 aromatic heterocycles. The molecule has 3 rings (SSSR count). The van der Waals surface area contributed by atoms with Gasteiger partial charge in [-0.25, -0.2) is 9.97 Å². The molecule has 12 heteroatoms. The molecule has 2 unspecified atom stereocenters. The van der Waals surface area contributed by atoms with Gasteiger partial charge in [0.15, 0.2) is 16.8 Å². The largest absolute Gasteiger partial charge is 0.394 e. The minimum absolute atomic E-state index is 0.0333. The highest BCUT2D eigenvalue weighted by atomic mass is 32.2. The molecular formula is C16H24F3N5O2S2. The number of fused-ring (bicyclic) bond motifs is 1. The fourth-order valence-electron chi connectivity index (χ4n) is 3.05. The third-order valence-electron chi connectivity index (χ3n) is 4.42. The Morgan fingerprint density at radius 2 is 2.14 bits per heavy atom. The zero-order chi connectivity index (χ0) is 20.1. The van der Waals surface area contributed by atoms with E-state index in [9.17, 15) is 18.3 Å². The van der Waals surface area contributed by atoms with Gasteiger partial charge in [0, 0.05) is 18.1 Å². The van der Waals surface area contributed by atoms with Crippen LogP contribution in [-0.4, -0.2) is 71.2 Å². The van der Waals surface area contributed by atoms with Gasteiger partial charge in [0.05, 0.1) is 25.8 Å². The predicted molar refractivity (Wildman–Crippen MR) is 106 cm³/mol. The van der Waals surface area contributed by atoms with Crippen molar-refractivity contribution in [1.82, 2.24) is 9.97 Å². The zero-order valence-electron chi connectivity index (χ0n) is 15.5. The Kier molecular flexibility index (Phi) is 7.40. The second-order valence-electron chi connectivity index (χ2n) is 6.46. The quantitative estimate of drug-likeness (QED) is 0.306. The van der Waals surface area contributed by atoms with Crippen molar-refractivity contribution in [2.45, 2.75) is 42.9 Å². The molecule has 0 bridgehead atoms. The molecular weight excluding hydrogens is 415 g/mol. The van der Waals surface area contributed by atoms with Gasteiger partial charge in [-0.1, -0.05) is 11.8 Å². The molecule has 0 radical (unpaired) electrons. The van der Waals surface area contributed by atoms with E-state index in [1.165, 1.54) is 0 Å². The number of aliphatic hydroxyl groups excluding tert-OH is 1. The fraction of sp³-hybridized carbons (Fsp3) is 0.750. The van der Waals surface area contributed by atoms with Crippen molar-refractivity contribution in [3.63, 3.8) is 0 Å². The van der Waals surface area contributed by atoms with Crippen LogP contribution in [0.4, 0.5) is 30.5 Å². The Morgan fingerprint density at radius 1 is 1.32 bits per heavy atom. The summed E-state index contributed by atoms with van der Waals surface area (Å²) in [5, 5.41) is 16.1. The van der Waals surface area contributed by atoms with Crippen molar-refractivity contribution in [2.75, 3.05) is 53.1 Å². The smallest absolute Gasteiger partial charge is 0.389 e. The normalized spacial score (nSPS) is 21.7. The van der Waals surface area contributed by atoms with Crippen molar-refractivity contribution in [3.8, 4) is 0 Å². The number of aliphatic hydroxyl groups is 1. The number of alkyl halides is 3. The van der Waals surface area contributed by atoms with Crippen LogP contribution in [0.1, 0.15) is 19.3 Å². The van der Waals surface area contributed by atoms with Gasteiger partial charge in [0.2, 0.25) is 0 Å². The number of nitrogens with one attached hydrogen (secondary N) is 2. The van der Waals surface area contributed by atoms with E-state index in [1.54, 1.807) is 11.8 Å². The first-order valence-corrected chi connectivity index (χ1v) is 11.4. The van der Waals surface area contributed by atoms with E-state index in [-0.39, 0.29) is 24.7 Å². The Hall–Kier alpha value is -1.11. The van der Waals surface area contributed by atoms with E-state index in [0.717, 1.165) is 36.0 Å². The Balaban J connectivity index is 1.78. The van der Waals surface area contributed by atoms with Crippen LogP contribution in [0.2, 0.25) is 0 Å². The standard InChI is InChI=1S/C16H24F3N5O2S2/c1-27-7-5-20-13-12-14(23-15(22-13)28-6-4-16(17,18)19)24(9-21-12)11-3-2-10(8-25)26-11/h10-11,21,25H,2-9H2,1H3,(H,20,22,23). The molecule has 158 valence electrons. The van der Waals surface area contributed by atoms with Crippen molar-refractivity contribution in [2.24, 2.45) is 0 Å². The molecule has 2 aliphatic heterocycles. The number of nitrogens with zero attached hydrogens (tertiary/aromatic N) is 3. The van der Waals surface area contributed by atoms with E-state index >= 15 is 0 Å². The molecule has 1 fully saturated rings. The van der Waals surface area contributed by atoms with E-state index < -0.39 is 12.6 Å². The van der Waals surface area contributed by atoms with Gasteiger partial charge in [-0.3, -0.25) is 0 Å². The summed E-state index contributed by atoms with van der Waals surface area (Å²) in [6.45, 7) is 1.13. The molecule has 0 aromatic carbocycles. The fourth-order valence-corrected chi connectivity index (χ4v) is 4.18. The average Bonchev–Trinajstić information content (AvgIpc) is 3.27. The maximum Gasteiger partial charge on any atom is 0.389 e. The van der Waals surface area contributed by atoms with Crippen molar-refractivity contribution in [1.29, 1.82) is 0 Å². The molecule has 7 nitrogen and oxygen atoms in total. The highest BCUT2D eigenvalue weighted by molar-refractivity contribution is 7.99. The highest BCUT2D eigenvalue weighted by Gasteiger charge is 2.36. The topological polar surface area (TPSA) is 82.5 Å². The lowest BCUT2D eigenvalue weighted by molar-refractivity contribution is -0.129. The zero-order valence-corrected chi connectivity index (χ0v) is 17.1. The van der Waals surface area contributed by atoms with Gasteiger partial charge >= 0.3 is 6.18 Å². The summed E-state index contributed by atoms with van der Waals surface area (Å²) in [5.74, 6) is 1.96. The van der Waals surface area contributed by atoms with Gasteiger partial charge in [0.25, 0.3) is 0 Å². The minimum Gasteiger partial charge on any atom is -0.394 e. The molecule has 3 N–H and O–H groups in total. The van der Waals surface area contributed by atoms with Gasteiger partial charge in [-0.2, -0.15) is 24.9 Å². The predicted octanol–water partition coefficient (Wildman–Crippen LogP) is 2.98. The number of rotatable bonds is 9. The molecule has 0 aliphatic carbocycles. The summed E-state index contributed by atoms with van der Waals surface area (Å²) in [7, 11) is 0. The molecule has 2 aliphatic rings. The summed E-state index contributed by atoms with van der Waals surface area (Å²) in [6.07, 6.45) is -2.01. The highest BCUT2D eigenvalue weighted by Crippen LogP contribution is 2.40. The van der Waals surface area contributed by atoms with Crippen molar-refractivity contribution >= 4 is 40.8 Å². The molecule has 1 aromatic rings. The summed E-state index contributed by atoms with van der Waals surface area (Å²) < 4.78 is 43.3. The van der Waals surface area contributed by atoms with E-state index in [2.05, 4.69) is 20.6 Å². The number of halogens is 3. The van der Waals surface area contributed by atoms with Crippen LogP contribution in [0.25, 0.3) is 0 Å². The summed E-state index contributed by atoms with van der Waals surface area (Å²) >= 11 is 2.68. The molecule has 28 heavy (non-hydrogen) atoms. The Labute approximate surface area is 170 Å². The van der Waals surface area contributed by atoms with Gasteiger partial charge in [-0.05, 0) is 19.1 Å². The van der Waals surface area contributed by atoms with Crippen LogP contribution in [0.3, 0.4) is 0 Å². The summed E-state index contributed by atoms with van der Waals surface area (Å²) in [5.41, 5.74) is 0.734. The van der Waals surface area contributed by atoms with Gasteiger partial charge in [0.1, 0.15) is 11.9 Å². The molecule has 0 spiro atoms. The third kappa shape index (κ3) is 5.49. The third-order valence-corrected chi connectivity index (χ3v) is 5.88. The van der Waals surface area contributed by atoms with Crippen LogP contribution < -0.4 is 15.5 Å². The average molecular weight is 440 g/mol. The Morgan fingerprint density at radius 3 is 2.82 bits per heavy atom. The number of anilines is 3. The molecule has 3 heterocycles. The number of thioether (sulfide) groups is 2. The molecule has 0 saturated carbocycles. The molecule has 0 amide bonds. The first-order chi connectivity index (χ1) is 13.4. The lowest BCUT2D eigenvalue weighted by Crippen LogP contribution is -2.36. The summed E-state index contributed by atoms with van der Waals surface area (Å²) in [6, 6.07) is 0. The maximum absolute atomic E-state index is 12.5. The van der Waals surface area contributed by atoms with Gasteiger partial charge in [-0.15, -0.1) is 0 Å². The van der Waals surface area contributed by atoms with Crippen LogP contribution in [0, 0.1) is 0 Å². The van der Waals surface area contributed by atoms with Crippen LogP contribution >= 0.6 is 23.5 Å². The van der Waals surface area contributed by atoms with Crippen LogP contribution in [0.5, 0.6) is 0 Å². The number of aromatic nitrogens is 2. The SMILES string of the molecule is CSCCNc1nc(SCCC(F)(F)F)nc2c1NCN2C1CCC(CO)O1. The molecule has 2 atom stereocenters. The second-order valence-corrected chi connectivity index (χ2v) is 8.51. The second kappa shape index (κ2) is 9.59. The maximum atomic E-state index is 12.5. The lowest BCUT2D eigenvalue weighted by atomic mass is 10.2.